The molecule has 0 unspecified atom stereocenters. The molecule has 2 rings (SSSR count). The first-order valence-corrected chi connectivity index (χ1v) is 6.00. The lowest BCUT2D eigenvalue weighted by atomic mass is 10.1. The smallest absolute Gasteiger partial charge is 0.328 e. The predicted octanol–water partition coefficient (Wildman–Crippen LogP) is 1.77. The molecule has 0 saturated heterocycles. The molecule has 0 radical (unpaired) electrons. The number of benzene rings is 1. The minimum absolute atomic E-state index is 0.309. The van der Waals surface area contributed by atoms with Crippen molar-refractivity contribution in [2.45, 2.75) is 0 Å². The van der Waals surface area contributed by atoms with Crippen LogP contribution in [0.4, 0.5) is 5.69 Å². The number of nitrogens with one attached hydrogen (secondary N) is 2. The van der Waals surface area contributed by atoms with Gasteiger partial charge in [0.15, 0.2) is 0 Å². The number of anilines is 1. The molecule has 0 bridgehead atoms. The fourth-order valence-electron chi connectivity index (χ4n) is 1.67. The molecule has 0 fully saturated rings. The van der Waals surface area contributed by atoms with Gasteiger partial charge in [-0.2, -0.15) is 5.10 Å². The lowest BCUT2D eigenvalue weighted by molar-refractivity contribution is -0.131. The van der Waals surface area contributed by atoms with Gasteiger partial charge in [0.2, 0.25) is 0 Å². The highest BCUT2D eigenvalue weighted by atomic mass is 16.5. The van der Waals surface area contributed by atoms with Crippen molar-refractivity contribution in [3.8, 4) is 5.75 Å². The summed E-state index contributed by atoms with van der Waals surface area (Å²) in [6.45, 7) is 0. The molecule has 0 saturated carbocycles. The van der Waals surface area contributed by atoms with Crippen LogP contribution in [-0.4, -0.2) is 34.3 Å². The molecule has 1 aromatic heterocycles. The molecule has 108 valence electrons. The van der Waals surface area contributed by atoms with E-state index in [1.165, 1.54) is 25.4 Å². The Morgan fingerprint density at radius 2 is 2.19 bits per heavy atom. The Labute approximate surface area is 120 Å². The number of aromatic amines is 1. The van der Waals surface area contributed by atoms with Gasteiger partial charge in [0.1, 0.15) is 11.4 Å². The molecule has 1 heterocycles. The van der Waals surface area contributed by atoms with Crippen LogP contribution >= 0.6 is 0 Å². The maximum atomic E-state index is 12.0. The summed E-state index contributed by atoms with van der Waals surface area (Å²) in [6, 6.07) is 6.48. The van der Waals surface area contributed by atoms with Crippen LogP contribution in [0.5, 0.6) is 5.75 Å². The van der Waals surface area contributed by atoms with Crippen molar-refractivity contribution in [3.63, 3.8) is 0 Å². The Morgan fingerprint density at radius 3 is 2.81 bits per heavy atom. The van der Waals surface area contributed by atoms with E-state index in [-0.39, 0.29) is 5.91 Å². The molecule has 1 amide bonds. The summed E-state index contributed by atoms with van der Waals surface area (Å²) in [6.07, 6.45) is 3.91. The fourth-order valence-corrected chi connectivity index (χ4v) is 1.67. The number of methoxy groups -OCH3 is 1. The van der Waals surface area contributed by atoms with Gasteiger partial charge in [-0.1, -0.05) is 6.07 Å². The third-order valence-corrected chi connectivity index (χ3v) is 2.64. The van der Waals surface area contributed by atoms with Crippen LogP contribution in [0.3, 0.4) is 0 Å². The number of amides is 1. The van der Waals surface area contributed by atoms with Crippen LogP contribution in [0.25, 0.3) is 6.08 Å². The zero-order chi connectivity index (χ0) is 15.2. The van der Waals surface area contributed by atoms with Gasteiger partial charge in [-0.15, -0.1) is 0 Å². The van der Waals surface area contributed by atoms with Gasteiger partial charge in [-0.25, -0.2) is 4.79 Å². The minimum atomic E-state index is -1.05. The number of aliphatic carboxylic acids is 1. The number of hydrogen-bond acceptors (Lipinski definition) is 4. The number of hydrogen-bond donors (Lipinski definition) is 3. The van der Waals surface area contributed by atoms with Gasteiger partial charge in [0.25, 0.3) is 5.91 Å². The molecule has 0 spiro atoms. The van der Waals surface area contributed by atoms with Crippen molar-refractivity contribution in [2.75, 3.05) is 12.4 Å². The Bertz CT molecular complexity index is 678. The normalized spacial score (nSPS) is 10.5. The van der Waals surface area contributed by atoms with Crippen molar-refractivity contribution in [2.24, 2.45) is 0 Å². The first-order chi connectivity index (χ1) is 10.1. The molecule has 1 aromatic carbocycles. The number of carbonyl (C=O) groups excluding carboxylic acids is 1. The average Bonchev–Trinajstić information content (AvgIpc) is 2.99. The summed E-state index contributed by atoms with van der Waals surface area (Å²) < 4.78 is 5.16. The number of carbonyl (C=O) groups is 2. The quantitative estimate of drug-likeness (QED) is 0.727. The first-order valence-electron chi connectivity index (χ1n) is 6.00. The Balaban J connectivity index is 2.25. The van der Waals surface area contributed by atoms with Gasteiger partial charge in [0.05, 0.1) is 12.8 Å². The highest BCUT2D eigenvalue weighted by Gasteiger charge is 2.11. The van der Waals surface area contributed by atoms with E-state index in [9.17, 15) is 9.59 Å². The molecular weight excluding hydrogens is 274 g/mol. The van der Waals surface area contributed by atoms with Crippen molar-refractivity contribution in [1.29, 1.82) is 0 Å². The number of carboxylic acids is 1. The van der Waals surface area contributed by atoms with Gasteiger partial charge in [0, 0.05) is 12.3 Å². The second kappa shape index (κ2) is 6.38. The Kier molecular flexibility index (Phi) is 4.35. The van der Waals surface area contributed by atoms with Crippen LogP contribution in [0.1, 0.15) is 16.1 Å². The number of H-pyrrole nitrogens is 1. The van der Waals surface area contributed by atoms with E-state index in [0.29, 0.717) is 22.7 Å². The zero-order valence-electron chi connectivity index (χ0n) is 11.2. The molecular formula is C14H13N3O4. The average molecular weight is 287 g/mol. The van der Waals surface area contributed by atoms with E-state index >= 15 is 0 Å². The van der Waals surface area contributed by atoms with E-state index in [1.54, 1.807) is 18.2 Å². The summed E-state index contributed by atoms with van der Waals surface area (Å²) in [5, 5.41) is 17.6. The summed E-state index contributed by atoms with van der Waals surface area (Å²) in [7, 11) is 1.48. The van der Waals surface area contributed by atoms with E-state index in [1.807, 2.05) is 0 Å². The number of ether oxygens (including phenoxy) is 1. The van der Waals surface area contributed by atoms with Gasteiger partial charge in [-0.3, -0.25) is 9.89 Å². The summed E-state index contributed by atoms with van der Waals surface area (Å²) in [5.41, 5.74) is 1.37. The van der Waals surface area contributed by atoms with Gasteiger partial charge in [-0.05, 0) is 29.8 Å². The van der Waals surface area contributed by atoms with Crippen molar-refractivity contribution in [3.05, 3.63) is 47.8 Å². The highest BCUT2D eigenvalue weighted by Crippen LogP contribution is 2.26. The third-order valence-electron chi connectivity index (χ3n) is 2.64. The summed E-state index contributed by atoms with van der Waals surface area (Å²) in [4.78, 5) is 22.5. The monoisotopic (exact) mass is 287 g/mol. The highest BCUT2D eigenvalue weighted by molar-refractivity contribution is 6.03. The number of aromatic nitrogens is 2. The molecule has 21 heavy (non-hydrogen) atoms. The van der Waals surface area contributed by atoms with E-state index in [4.69, 9.17) is 9.84 Å². The van der Waals surface area contributed by atoms with Crippen LogP contribution in [0, 0.1) is 0 Å². The fraction of sp³-hybridized carbons (Fsp3) is 0.0714. The van der Waals surface area contributed by atoms with Crippen LogP contribution < -0.4 is 10.1 Å². The van der Waals surface area contributed by atoms with Gasteiger partial charge >= 0.3 is 5.97 Å². The maximum absolute atomic E-state index is 12.0. The standard InChI is InChI=1S/C14H13N3O4/c1-21-12-4-2-9(3-5-13(18)19)8-11(12)16-14(20)10-6-7-15-17-10/h2-8H,1H3,(H,15,17)(H,16,20)(H,18,19). The van der Waals surface area contributed by atoms with Gasteiger partial charge < -0.3 is 15.2 Å². The SMILES string of the molecule is COc1ccc(C=CC(=O)O)cc1NC(=O)c1ccn[nH]1. The third kappa shape index (κ3) is 3.69. The molecule has 2 aromatic rings. The molecule has 7 heteroatoms. The van der Waals surface area contributed by atoms with Crippen LogP contribution in [-0.2, 0) is 4.79 Å². The Morgan fingerprint density at radius 1 is 1.38 bits per heavy atom. The van der Waals surface area contributed by atoms with E-state index in [2.05, 4.69) is 15.5 Å². The molecule has 0 aliphatic carbocycles. The largest absolute Gasteiger partial charge is 0.495 e. The molecule has 0 aliphatic heterocycles. The molecule has 0 atom stereocenters. The topological polar surface area (TPSA) is 104 Å². The molecule has 7 nitrogen and oxygen atoms in total. The molecule has 0 aliphatic rings. The van der Waals surface area contributed by atoms with Crippen molar-refractivity contribution >= 4 is 23.6 Å². The van der Waals surface area contributed by atoms with Crippen molar-refractivity contribution < 1.29 is 19.4 Å². The van der Waals surface area contributed by atoms with E-state index in [0.717, 1.165) is 6.08 Å². The number of nitrogens with zero attached hydrogens (tertiary/aromatic N) is 1. The lowest BCUT2D eigenvalue weighted by Crippen LogP contribution is -2.13. The van der Waals surface area contributed by atoms with Crippen LogP contribution in [0.15, 0.2) is 36.5 Å². The minimum Gasteiger partial charge on any atom is -0.495 e. The first kappa shape index (κ1) is 14.3. The summed E-state index contributed by atoms with van der Waals surface area (Å²) >= 11 is 0. The van der Waals surface area contributed by atoms with Crippen molar-refractivity contribution in [1.82, 2.24) is 10.2 Å². The predicted molar refractivity (Wildman–Crippen MR) is 76.2 cm³/mol. The molecule has 3 N–H and O–H groups in total. The maximum Gasteiger partial charge on any atom is 0.328 e. The van der Waals surface area contributed by atoms with Crippen LogP contribution in [0.2, 0.25) is 0 Å². The lowest BCUT2D eigenvalue weighted by Gasteiger charge is -2.10. The van der Waals surface area contributed by atoms with E-state index < -0.39 is 5.97 Å². The number of carboxylic acid groups (broad SMARTS) is 1. The second-order valence-electron chi connectivity index (χ2n) is 4.06. The Hall–Kier alpha value is -3.09. The zero-order valence-corrected chi connectivity index (χ0v) is 11.2. The second-order valence-corrected chi connectivity index (χ2v) is 4.06. The summed E-state index contributed by atoms with van der Waals surface area (Å²) in [5.74, 6) is -0.950. The number of rotatable bonds is 5.